The van der Waals surface area contributed by atoms with Gasteiger partial charge in [-0.3, -0.25) is 4.79 Å². The van der Waals surface area contributed by atoms with Gasteiger partial charge >= 0.3 is 0 Å². The van der Waals surface area contributed by atoms with Crippen molar-refractivity contribution in [3.8, 4) is 11.5 Å². The van der Waals surface area contributed by atoms with Crippen molar-refractivity contribution in [2.24, 2.45) is 0 Å². The lowest BCUT2D eigenvalue weighted by atomic mass is 10.2. The fourth-order valence-electron chi connectivity index (χ4n) is 1.01. The Kier molecular flexibility index (Phi) is 3.01. The van der Waals surface area contributed by atoms with Crippen molar-refractivity contribution in [2.75, 3.05) is 14.2 Å². The van der Waals surface area contributed by atoms with Crippen LogP contribution in [0.25, 0.3) is 0 Å². The van der Waals surface area contributed by atoms with Gasteiger partial charge in [0.25, 0.3) is 0 Å². The maximum atomic E-state index is 13.2. The van der Waals surface area contributed by atoms with E-state index in [-0.39, 0.29) is 17.8 Å². The first kappa shape index (κ1) is 10.4. The first-order chi connectivity index (χ1) is 6.65. The number of aldehydes is 1. The fraction of sp³-hybridized carbons (Fsp3) is 0.222. The molecule has 0 aromatic heterocycles. The summed E-state index contributed by atoms with van der Waals surface area (Å²) in [6.45, 7) is 0. The third-order valence-corrected chi connectivity index (χ3v) is 1.73. The van der Waals surface area contributed by atoms with Crippen molar-refractivity contribution in [3.63, 3.8) is 0 Å². The van der Waals surface area contributed by atoms with Gasteiger partial charge in [-0.05, 0) is 0 Å². The van der Waals surface area contributed by atoms with Gasteiger partial charge in [0, 0.05) is 6.07 Å². The molecule has 0 aliphatic heterocycles. The number of rotatable bonds is 3. The van der Waals surface area contributed by atoms with E-state index in [1.807, 2.05) is 0 Å². The zero-order valence-electron chi connectivity index (χ0n) is 7.64. The van der Waals surface area contributed by atoms with Gasteiger partial charge in [-0.25, -0.2) is 8.78 Å². The molecule has 76 valence electrons. The van der Waals surface area contributed by atoms with Gasteiger partial charge < -0.3 is 9.47 Å². The number of carbonyl (C=O) groups is 1. The summed E-state index contributed by atoms with van der Waals surface area (Å²) in [5.41, 5.74) is -0.693. The highest BCUT2D eigenvalue weighted by Gasteiger charge is 2.18. The maximum Gasteiger partial charge on any atom is 0.178 e. The molecule has 0 aliphatic carbocycles. The van der Waals surface area contributed by atoms with Crippen molar-refractivity contribution in [1.29, 1.82) is 0 Å². The zero-order chi connectivity index (χ0) is 10.7. The molecule has 0 N–H and O–H groups in total. The smallest absolute Gasteiger partial charge is 0.178 e. The van der Waals surface area contributed by atoms with E-state index >= 15 is 0 Å². The van der Waals surface area contributed by atoms with Crippen LogP contribution in [0.3, 0.4) is 0 Å². The van der Waals surface area contributed by atoms with Gasteiger partial charge in [0.2, 0.25) is 0 Å². The van der Waals surface area contributed by atoms with E-state index in [1.165, 1.54) is 14.2 Å². The molecule has 0 bridgehead atoms. The summed E-state index contributed by atoms with van der Waals surface area (Å²) in [4.78, 5) is 10.4. The fourth-order valence-corrected chi connectivity index (χ4v) is 1.01. The van der Waals surface area contributed by atoms with Crippen LogP contribution in [-0.4, -0.2) is 20.5 Å². The van der Waals surface area contributed by atoms with Crippen molar-refractivity contribution in [1.82, 2.24) is 0 Å². The van der Waals surface area contributed by atoms with Crippen LogP contribution >= 0.6 is 0 Å². The van der Waals surface area contributed by atoms with Gasteiger partial charge in [0.15, 0.2) is 29.4 Å². The summed E-state index contributed by atoms with van der Waals surface area (Å²) >= 11 is 0. The van der Waals surface area contributed by atoms with Crippen molar-refractivity contribution in [2.45, 2.75) is 0 Å². The largest absolute Gasteiger partial charge is 0.494 e. The molecule has 1 aromatic rings. The number of ether oxygens (including phenoxy) is 2. The molecule has 0 aliphatic rings. The molecule has 1 aromatic carbocycles. The second-order valence-electron chi connectivity index (χ2n) is 2.44. The Morgan fingerprint density at radius 3 is 1.86 bits per heavy atom. The number of carbonyl (C=O) groups excluding carboxylic acids is 1. The van der Waals surface area contributed by atoms with Crippen molar-refractivity contribution in [3.05, 3.63) is 23.3 Å². The normalized spacial score (nSPS) is 9.71. The lowest BCUT2D eigenvalue weighted by molar-refractivity contribution is 0.111. The van der Waals surface area contributed by atoms with Crippen molar-refractivity contribution < 1.29 is 23.0 Å². The van der Waals surface area contributed by atoms with E-state index in [0.29, 0.717) is 0 Å². The topological polar surface area (TPSA) is 35.5 Å². The Balaban J connectivity index is 3.46. The van der Waals surface area contributed by atoms with Crippen LogP contribution in [0, 0.1) is 11.6 Å². The first-order valence-electron chi connectivity index (χ1n) is 3.70. The average Bonchev–Trinajstić information content (AvgIpc) is 2.19. The highest BCUT2D eigenvalue weighted by Crippen LogP contribution is 2.29. The Morgan fingerprint density at radius 1 is 1.14 bits per heavy atom. The predicted octanol–water partition coefficient (Wildman–Crippen LogP) is 1.79. The van der Waals surface area contributed by atoms with E-state index in [4.69, 9.17) is 0 Å². The van der Waals surface area contributed by atoms with Crippen LogP contribution in [0.4, 0.5) is 8.78 Å². The molecule has 0 amide bonds. The highest BCUT2D eigenvalue weighted by molar-refractivity contribution is 5.77. The Morgan fingerprint density at radius 2 is 1.57 bits per heavy atom. The molecule has 1 rings (SSSR count). The lowest BCUT2D eigenvalue weighted by Gasteiger charge is -2.08. The number of halogens is 2. The van der Waals surface area contributed by atoms with Crippen LogP contribution in [-0.2, 0) is 0 Å². The Bertz CT molecular complexity index is 335. The molecule has 0 saturated carbocycles. The second kappa shape index (κ2) is 4.04. The standard InChI is InChI=1S/C9H8F2O3/c1-13-6-3-7(14-2)9(11)5(4-12)8(6)10/h3-4H,1-2H3. The van der Waals surface area contributed by atoms with E-state index in [0.717, 1.165) is 6.07 Å². The Labute approximate surface area is 79.2 Å². The zero-order valence-corrected chi connectivity index (χ0v) is 7.64. The maximum absolute atomic E-state index is 13.2. The molecule has 0 fully saturated rings. The molecule has 14 heavy (non-hydrogen) atoms. The van der Waals surface area contributed by atoms with Gasteiger partial charge in [-0.15, -0.1) is 0 Å². The number of methoxy groups -OCH3 is 2. The van der Waals surface area contributed by atoms with Crippen LogP contribution in [0.5, 0.6) is 11.5 Å². The van der Waals surface area contributed by atoms with Crippen LogP contribution in [0.15, 0.2) is 6.07 Å². The quantitative estimate of drug-likeness (QED) is 0.701. The van der Waals surface area contributed by atoms with E-state index in [2.05, 4.69) is 9.47 Å². The molecular weight excluding hydrogens is 194 g/mol. The SMILES string of the molecule is COc1cc(OC)c(F)c(C=O)c1F. The van der Waals surface area contributed by atoms with Crippen LogP contribution in [0.2, 0.25) is 0 Å². The van der Waals surface area contributed by atoms with Crippen LogP contribution in [0.1, 0.15) is 10.4 Å². The van der Waals surface area contributed by atoms with Crippen molar-refractivity contribution >= 4 is 6.29 Å². The molecule has 0 atom stereocenters. The lowest BCUT2D eigenvalue weighted by Crippen LogP contribution is -2.01. The van der Waals surface area contributed by atoms with E-state index < -0.39 is 17.2 Å². The average molecular weight is 202 g/mol. The minimum atomic E-state index is -1.03. The molecular formula is C9H8F2O3. The molecule has 0 unspecified atom stereocenters. The Hall–Kier alpha value is -1.65. The molecule has 5 heteroatoms. The monoisotopic (exact) mass is 202 g/mol. The van der Waals surface area contributed by atoms with E-state index in [9.17, 15) is 13.6 Å². The summed E-state index contributed by atoms with van der Waals surface area (Å²) in [6.07, 6.45) is 0.0791. The minimum Gasteiger partial charge on any atom is -0.494 e. The first-order valence-corrected chi connectivity index (χ1v) is 3.70. The summed E-state index contributed by atoms with van der Waals surface area (Å²) in [5, 5.41) is 0. The predicted molar refractivity (Wildman–Crippen MR) is 44.8 cm³/mol. The number of benzene rings is 1. The number of hydrogen-bond donors (Lipinski definition) is 0. The summed E-state index contributed by atoms with van der Waals surface area (Å²) in [5.74, 6) is -2.52. The molecule has 0 saturated heterocycles. The third kappa shape index (κ3) is 1.53. The molecule has 3 nitrogen and oxygen atoms in total. The van der Waals surface area contributed by atoms with Gasteiger partial charge in [0.1, 0.15) is 0 Å². The second-order valence-corrected chi connectivity index (χ2v) is 2.44. The molecule has 0 spiro atoms. The van der Waals surface area contributed by atoms with E-state index in [1.54, 1.807) is 0 Å². The van der Waals surface area contributed by atoms with Gasteiger partial charge in [-0.1, -0.05) is 0 Å². The number of hydrogen-bond acceptors (Lipinski definition) is 3. The summed E-state index contributed by atoms with van der Waals surface area (Å²) in [7, 11) is 2.43. The van der Waals surface area contributed by atoms with Crippen LogP contribution < -0.4 is 9.47 Å². The van der Waals surface area contributed by atoms with Gasteiger partial charge in [-0.2, -0.15) is 0 Å². The summed E-state index contributed by atoms with van der Waals surface area (Å²) in [6, 6.07) is 1.04. The highest BCUT2D eigenvalue weighted by atomic mass is 19.1. The van der Waals surface area contributed by atoms with Gasteiger partial charge in [0.05, 0.1) is 19.8 Å². The third-order valence-electron chi connectivity index (χ3n) is 1.73. The summed E-state index contributed by atoms with van der Waals surface area (Å²) < 4.78 is 35.6. The molecule has 0 heterocycles. The minimum absolute atomic E-state index is 0.0791. The molecule has 0 radical (unpaired) electrons.